The molecule has 1 aliphatic heterocycles. The first-order valence-electron chi connectivity index (χ1n) is 8.02. The molecule has 2 N–H and O–H groups in total. The van der Waals surface area contributed by atoms with Gasteiger partial charge in [-0.1, -0.05) is 30.3 Å². The molecule has 3 rings (SSSR count). The fourth-order valence-electron chi connectivity index (χ4n) is 2.83. The van der Waals surface area contributed by atoms with Gasteiger partial charge in [0, 0.05) is 12.2 Å². The van der Waals surface area contributed by atoms with Gasteiger partial charge in [0.15, 0.2) is 0 Å². The summed E-state index contributed by atoms with van der Waals surface area (Å²) in [7, 11) is 0. The van der Waals surface area contributed by atoms with E-state index in [1.807, 2.05) is 30.3 Å². The average molecular weight is 338 g/mol. The third kappa shape index (κ3) is 3.85. The summed E-state index contributed by atoms with van der Waals surface area (Å²) in [6.45, 7) is 0.359. The minimum absolute atomic E-state index is 0.105. The molecular weight excluding hydrogens is 320 g/mol. The van der Waals surface area contributed by atoms with E-state index in [9.17, 15) is 14.4 Å². The molecule has 0 aromatic heterocycles. The largest absolute Gasteiger partial charge is 0.478 e. The predicted octanol–water partition coefficient (Wildman–Crippen LogP) is 2.17. The highest BCUT2D eigenvalue weighted by Crippen LogP contribution is 2.19. The number of hydrogen-bond acceptors (Lipinski definition) is 4. The Labute approximate surface area is 145 Å². The number of rotatable bonds is 6. The second-order valence-corrected chi connectivity index (χ2v) is 5.90. The molecule has 0 bridgehead atoms. The third-order valence-electron chi connectivity index (χ3n) is 4.18. The molecule has 2 amide bonds. The molecule has 6 heteroatoms. The molecule has 128 valence electrons. The molecule has 1 saturated heterocycles. The van der Waals surface area contributed by atoms with Crippen molar-refractivity contribution in [1.82, 2.24) is 4.90 Å². The van der Waals surface area contributed by atoms with Crippen molar-refractivity contribution in [3.63, 3.8) is 0 Å². The van der Waals surface area contributed by atoms with E-state index < -0.39 is 12.0 Å². The topological polar surface area (TPSA) is 86.7 Å². The Bertz CT molecular complexity index is 787. The lowest BCUT2D eigenvalue weighted by molar-refractivity contribution is -0.138. The molecule has 1 atom stereocenters. The Morgan fingerprint density at radius 1 is 1.08 bits per heavy atom. The van der Waals surface area contributed by atoms with Crippen molar-refractivity contribution in [2.75, 3.05) is 11.9 Å². The summed E-state index contributed by atoms with van der Waals surface area (Å²) in [5, 5.41) is 11.9. The minimum Gasteiger partial charge on any atom is -0.478 e. The molecular formula is C19H18N2O4. The number of anilines is 1. The molecule has 25 heavy (non-hydrogen) atoms. The van der Waals surface area contributed by atoms with Crippen molar-refractivity contribution in [1.29, 1.82) is 0 Å². The van der Waals surface area contributed by atoms with Gasteiger partial charge in [0.2, 0.25) is 5.91 Å². The van der Waals surface area contributed by atoms with Crippen molar-refractivity contribution < 1.29 is 19.5 Å². The van der Waals surface area contributed by atoms with Gasteiger partial charge >= 0.3 is 5.97 Å². The number of hydrogen-bond donors (Lipinski definition) is 2. The monoisotopic (exact) mass is 338 g/mol. The van der Waals surface area contributed by atoms with E-state index in [1.54, 1.807) is 12.1 Å². The van der Waals surface area contributed by atoms with Gasteiger partial charge < -0.3 is 10.4 Å². The summed E-state index contributed by atoms with van der Waals surface area (Å²) in [6, 6.07) is 15.2. The van der Waals surface area contributed by atoms with Gasteiger partial charge in [-0.2, -0.15) is 0 Å². The second kappa shape index (κ2) is 7.17. The van der Waals surface area contributed by atoms with E-state index >= 15 is 0 Å². The Kier molecular flexibility index (Phi) is 4.79. The summed E-state index contributed by atoms with van der Waals surface area (Å²) in [4.78, 5) is 36.7. The highest BCUT2D eigenvalue weighted by atomic mass is 16.4. The third-order valence-corrected chi connectivity index (χ3v) is 4.18. The van der Waals surface area contributed by atoms with Crippen molar-refractivity contribution >= 4 is 23.5 Å². The number of likely N-dealkylation sites (tertiary alicyclic amines) is 1. The van der Waals surface area contributed by atoms with Crippen LogP contribution in [0.1, 0.15) is 22.3 Å². The summed E-state index contributed by atoms with van der Waals surface area (Å²) >= 11 is 0. The van der Waals surface area contributed by atoms with Crippen LogP contribution >= 0.6 is 0 Å². The maximum absolute atomic E-state index is 12.5. The van der Waals surface area contributed by atoms with Gasteiger partial charge in [0.1, 0.15) is 6.04 Å². The van der Waals surface area contributed by atoms with Crippen LogP contribution < -0.4 is 5.32 Å². The van der Waals surface area contributed by atoms with E-state index in [1.165, 1.54) is 17.0 Å². The zero-order valence-electron chi connectivity index (χ0n) is 13.5. The molecule has 0 saturated carbocycles. The number of carbonyl (C=O) groups is 3. The van der Waals surface area contributed by atoms with E-state index in [-0.39, 0.29) is 23.8 Å². The quantitative estimate of drug-likeness (QED) is 0.788. The molecule has 1 heterocycles. The fraction of sp³-hybridized carbons (Fsp3) is 0.211. The van der Waals surface area contributed by atoms with Crippen LogP contribution in [0, 0.1) is 0 Å². The van der Waals surface area contributed by atoms with E-state index in [0.717, 1.165) is 5.56 Å². The standard InChI is InChI=1S/C19H18N2O4/c22-17-12-16(20-15-8-6-14(7-9-15)19(24)25)18(23)21(17)11-10-13-4-2-1-3-5-13/h1-9,16,20H,10-12H2,(H,24,25). The van der Waals surface area contributed by atoms with Crippen LogP contribution in [0.2, 0.25) is 0 Å². The lowest BCUT2D eigenvalue weighted by Crippen LogP contribution is -2.36. The molecule has 1 unspecified atom stereocenters. The van der Waals surface area contributed by atoms with Gasteiger partial charge in [-0.25, -0.2) is 4.79 Å². The lowest BCUT2D eigenvalue weighted by Gasteiger charge is -2.16. The summed E-state index contributed by atoms with van der Waals surface area (Å²) < 4.78 is 0. The van der Waals surface area contributed by atoms with Gasteiger partial charge in [0.05, 0.1) is 12.0 Å². The first-order chi connectivity index (χ1) is 12.0. The molecule has 2 aromatic rings. The molecule has 1 aliphatic rings. The van der Waals surface area contributed by atoms with Gasteiger partial charge in [0.25, 0.3) is 5.91 Å². The SMILES string of the molecule is O=C(O)c1ccc(NC2CC(=O)N(CCc3ccccc3)C2=O)cc1. The zero-order valence-corrected chi connectivity index (χ0v) is 13.5. The summed E-state index contributed by atoms with van der Waals surface area (Å²) in [5.74, 6) is -1.45. The lowest BCUT2D eigenvalue weighted by atomic mass is 10.1. The maximum atomic E-state index is 12.5. The van der Waals surface area contributed by atoms with Crippen LogP contribution in [-0.2, 0) is 16.0 Å². The van der Waals surface area contributed by atoms with Crippen molar-refractivity contribution in [2.45, 2.75) is 18.9 Å². The highest BCUT2D eigenvalue weighted by molar-refractivity contribution is 6.06. The van der Waals surface area contributed by atoms with Crippen LogP contribution in [0.5, 0.6) is 0 Å². The zero-order chi connectivity index (χ0) is 17.8. The van der Waals surface area contributed by atoms with Crippen LogP contribution in [0.15, 0.2) is 54.6 Å². The number of nitrogens with one attached hydrogen (secondary N) is 1. The van der Waals surface area contributed by atoms with Crippen molar-refractivity contribution in [2.24, 2.45) is 0 Å². The number of amides is 2. The van der Waals surface area contributed by atoms with E-state index in [2.05, 4.69) is 5.32 Å². The average Bonchev–Trinajstić information content (AvgIpc) is 2.88. The summed E-state index contributed by atoms with van der Waals surface area (Å²) in [6.07, 6.45) is 0.729. The van der Waals surface area contributed by atoms with Gasteiger partial charge in [-0.3, -0.25) is 14.5 Å². The number of nitrogens with zero attached hydrogens (tertiary/aromatic N) is 1. The molecule has 6 nitrogen and oxygen atoms in total. The van der Waals surface area contributed by atoms with E-state index in [0.29, 0.717) is 18.7 Å². The van der Waals surface area contributed by atoms with Crippen molar-refractivity contribution in [3.05, 3.63) is 65.7 Å². The van der Waals surface area contributed by atoms with Crippen LogP contribution in [0.25, 0.3) is 0 Å². The number of carboxylic acid groups (broad SMARTS) is 1. The Balaban J connectivity index is 1.61. The number of carboxylic acids is 1. The molecule has 0 aliphatic carbocycles. The van der Waals surface area contributed by atoms with Gasteiger partial charge in [-0.05, 0) is 36.2 Å². The number of aromatic carboxylic acids is 1. The molecule has 1 fully saturated rings. The first-order valence-corrected chi connectivity index (χ1v) is 8.02. The number of carbonyl (C=O) groups excluding carboxylic acids is 2. The Morgan fingerprint density at radius 2 is 1.76 bits per heavy atom. The van der Waals surface area contributed by atoms with Crippen LogP contribution in [0.4, 0.5) is 5.69 Å². The van der Waals surface area contributed by atoms with E-state index in [4.69, 9.17) is 5.11 Å². The maximum Gasteiger partial charge on any atom is 0.335 e. The first kappa shape index (κ1) is 16.7. The smallest absolute Gasteiger partial charge is 0.335 e. The van der Waals surface area contributed by atoms with Gasteiger partial charge in [-0.15, -0.1) is 0 Å². The minimum atomic E-state index is -1.01. The van der Waals surface area contributed by atoms with Crippen molar-refractivity contribution in [3.8, 4) is 0 Å². The fourth-order valence-corrected chi connectivity index (χ4v) is 2.83. The summed E-state index contributed by atoms with van der Waals surface area (Å²) in [5.41, 5.74) is 1.86. The predicted molar refractivity (Wildman–Crippen MR) is 92.3 cm³/mol. The number of benzene rings is 2. The second-order valence-electron chi connectivity index (χ2n) is 5.90. The van der Waals surface area contributed by atoms with Crippen LogP contribution in [0.3, 0.4) is 0 Å². The number of imide groups is 1. The normalized spacial score (nSPS) is 17.0. The Hall–Kier alpha value is -3.15. The molecule has 0 spiro atoms. The molecule has 2 aromatic carbocycles. The van der Waals surface area contributed by atoms with Crippen LogP contribution in [-0.4, -0.2) is 40.4 Å². The molecule has 0 radical (unpaired) electrons. The Morgan fingerprint density at radius 3 is 2.40 bits per heavy atom. The highest BCUT2D eigenvalue weighted by Gasteiger charge is 2.38.